The Morgan fingerprint density at radius 3 is 3.06 bits per heavy atom. The molecule has 0 bridgehead atoms. The average Bonchev–Trinajstić information content (AvgIpc) is 2.29. The number of carbonyl (C=O) groups is 1. The highest BCUT2D eigenvalue weighted by molar-refractivity contribution is 7.99. The van der Waals surface area contributed by atoms with Crippen molar-refractivity contribution in [1.82, 2.24) is 0 Å². The van der Waals surface area contributed by atoms with Crippen LogP contribution in [0.4, 0.5) is 0 Å². The van der Waals surface area contributed by atoms with Crippen LogP contribution in [0, 0.1) is 0 Å². The molecule has 1 aromatic rings. The van der Waals surface area contributed by atoms with Crippen molar-refractivity contribution in [3.05, 3.63) is 28.3 Å². The van der Waals surface area contributed by atoms with Crippen molar-refractivity contribution >= 4 is 29.3 Å². The number of fused-ring (bicyclic) bond motifs is 1. The summed E-state index contributed by atoms with van der Waals surface area (Å²) in [5.74, 6) is 0.559. The average molecular weight is 258 g/mol. The van der Waals surface area contributed by atoms with Crippen LogP contribution in [0.3, 0.4) is 0 Å². The standard InChI is InChI=1S/C11H12ClNO2S/c1-15-11(14)6-5-10-7(4-8(6)12)9(13)2-3-16-10/h4-5,9H,2-3,13H2,1H3/t9-/m0/s1. The van der Waals surface area contributed by atoms with E-state index in [0.717, 1.165) is 22.6 Å². The summed E-state index contributed by atoms with van der Waals surface area (Å²) in [6, 6.07) is 3.56. The minimum Gasteiger partial charge on any atom is -0.465 e. The molecule has 1 heterocycles. The number of hydrogen-bond donors (Lipinski definition) is 1. The fourth-order valence-corrected chi connectivity index (χ4v) is 3.12. The van der Waals surface area contributed by atoms with Gasteiger partial charge >= 0.3 is 5.97 Å². The van der Waals surface area contributed by atoms with E-state index in [-0.39, 0.29) is 6.04 Å². The highest BCUT2D eigenvalue weighted by Gasteiger charge is 2.21. The van der Waals surface area contributed by atoms with Gasteiger partial charge in [-0.05, 0) is 29.9 Å². The molecular weight excluding hydrogens is 246 g/mol. The number of rotatable bonds is 1. The number of nitrogens with two attached hydrogens (primary N) is 1. The Bertz CT molecular complexity index is 436. The zero-order valence-corrected chi connectivity index (χ0v) is 10.4. The Balaban J connectivity index is 2.48. The maximum atomic E-state index is 11.5. The fraction of sp³-hybridized carbons (Fsp3) is 0.364. The van der Waals surface area contributed by atoms with Gasteiger partial charge in [0.1, 0.15) is 0 Å². The number of halogens is 1. The molecule has 0 fully saturated rings. The summed E-state index contributed by atoms with van der Waals surface area (Å²) in [6.45, 7) is 0. The number of hydrogen-bond acceptors (Lipinski definition) is 4. The molecular formula is C11H12ClNO2S. The summed E-state index contributed by atoms with van der Waals surface area (Å²) in [5.41, 5.74) is 7.41. The molecule has 86 valence electrons. The Morgan fingerprint density at radius 1 is 1.62 bits per heavy atom. The third-order valence-corrected chi connectivity index (χ3v) is 4.01. The van der Waals surface area contributed by atoms with Crippen LogP contribution in [0.5, 0.6) is 0 Å². The van der Waals surface area contributed by atoms with Gasteiger partial charge in [0.15, 0.2) is 0 Å². The molecule has 0 aliphatic carbocycles. The quantitative estimate of drug-likeness (QED) is 0.786. The van der Waals surface area contributed by atoms with E-state index >= 15 is 0 Å². The van der Waals surface area contributed by atoms with Crippen LogP contribution in [0.25, 0.3) is 0 Å². The first-order chi connectivity index (χ1) is 7.63. The monoisotopic (exact) mass is 257 g/mol. The Morgan fingerprint density at radius 2 is 2.38 bits per heavy atom. The molecule has 16 heavy (non-hydrogen) atoms. The second-order valence-electron chi connectivity index (χ2n) is 3.61. The molecule has 5 heteroatoms. The van der Waals surface area contributed by atoms with Gasteiger partial charge in [0.25, 0.3) is 0 Å². The van der Waals surface area contributed by atoms with Crippen molar-refractivity contribution < 1.29 is 9.53 Å². The lowest BCUT2D eigenvalue weighted by Gasteiger charge is -2.22. The van der Waals surface area contributed by atoms with Gasteiger partial charge in [-0.2, -0.15) is 0 Å². The molecule has 0 saturated heterocycles. The SMILES string of the molecule is COC(=O)c1cc2c(cc1Cl)[C@@H](N)CCS2. The molecule has 1 aromatic carbocycles. The van der Waals surface area contributed by atoms with Crippen LogP contribution >= 0.6 is 23.4 Å². The van der Waals surface area contributed by atoms with Gasteiger partial charge in [-0.25, -0.2) is 4.79 Å². The zero-order valence-electron chi connectivity index (χ0n) is 8.83. The van der Waals surface area contributed by atoms with Crippen LogP contribution in [0.15, 0.2) is 17.0 Å². The number of benzene rings is 1. The van der Waals surface area contributed by atoms with E-state index in [2.05, 4.69) is 4.74 Å². The van der Waals surface area contributed by atoms with Crippen molar-refractivity contribution in [1.29, 1.82) is 0 Å². The van der Waals surface area contributed by atoms with E-state index in [1.807, 2.05) is 0 Å². The van der Waals surface area contributed by atoms with Crippen LogP contribution in [-0.4, -0.2) is 18.8 Å². The van der Waals surface area contributed by atoms with Gasteiger partial charge in [0, 0.05) is 10.9 Å². The summed E-state index contributed by atoms with van der Waals surface area (Å²) < 4.78 is 4.67. The van der Waals surface area contributed by atoms with E-state index in [0.29, 0.717) is 10.6 Å². The molecule has 2 rings (SSSR count). The Kier molecular flexibility index (Phi) is 3.42. The minimum atomic E-state index is -0.410. The Labute approximate surface area is 103 Å². The van der Waals surface area contributed by atoms with Crippen molar-refractivity contribution in [2.45, 2.75) is 17.4 Å². The molecule has 0 saturated carbocycles. The maximum absolute atomic E-state index is 11.5. The lowest BCUT2D eigenvalue weighted by atomic mass is 10.0. The first-order valence-electron chi connectivity index (χ1n) is 4.93. The van der Waals surface area contributed by atoms with E-state index in [9.17, 15) is 4.79 Å². The number of ether oxygens (including phenoxy) is 1. The van der Waals surface area contributed by atoms with Gasteiger partial charge in [-0.1, -0.05) is 11.6 Å². The van der Waals surface area contributed by atoms with Gasteiger partial charge < -0.3 is 10.5 Å². The molecule has 0 unspecified atom stereocenters. The van der Waals surface area contributed by atoms with E-state index in [1.54, 1.807) is 23.9 Å². The molecule has 3 nitrogen and oxygen atoms in total. The summed E-state index contributed by atoms with van der Waals surface area (Å²) in [6.07, 6.45) is 0.936. The molecule has 1 aliphatic rings. The molecule has 0 aromatic heterocycles. The number of thioether (sulfide) groups is 1. The minimum absolute atomic E-state index is 0.0143. The summed E-state index contributed by atoms with van der Waals surface area (Å²) in [4.78, 5) is 12.5. The highest BCUT2D eigenvalue weighted by atomic mass is 35.5. The predicted molar refractivity (Wildman–Crippen MR) is 65.1 cm³/mol. The van der Waals surface area contributed by atoms with Crippen LogP contribution < -0.4 is 5.73 Å². The van der Waals surface area contributed by atoms with Crippen molar-refractivity contribution in [2.24, 2.45) is 5.73 Å². The molecule has 0 radical (unpaired) electrons. The van der Waals surface area contributed by atoms with Crippen LogP contribution in [-0.2, 0) is 4.74 Å². The zero-order chi connectivity index (χ0) is 11.7. The lowest BCUT2D eigenvalue weighted by Crippen LogP contribution is -2.17. The number of esters is 1. The topological polar surface area (TPSA) is 52.3 Å². The number of carbonyl (C=O) groups excluding carboxylic acids is 1. The fourth-order valence-electron chi connectivity index (χ4n) is 1.70. The summed E-state index contributed by atoms with van der Waals surface area (Å²) in [5, 5.41) is 0.406. The van der Waals surface area contributed by atoms with Crippen molar-refractivity contribution in [2.75, 3.05) is 12.9 Å². The molecule has 2 N–H and O–H groups in total. The first kappa shape index (κ1) is 11.8. The Hall–Kier alpha value is -0.710. The molecule has 0 spiro atoms. The van der Waals surface area contributed by atoms with Gasteiger partial charge in [0.2, 0.25) is 0 Å². The third kappa shape index (κ3) is 2.05. The second-order valence-corrected chi connectivity index (χ2v) is 5.15. The summed E-state index contributed by atoms with van der Waals surface area (Å²) >= 11 is 7.73. The summed E-state index contributed by atoms with van der Waals surface area (Å²) in [7, 11) is 1.34. The van der Waals surface area contributed by atoms with E-state index < -0.39 is 5.97 Å². The highest BCUT2D eigenvalue weighted by Crippen LogP contribution is 2.38. The van der Waals surface area contributed by atoms with E-state index in [4.69, 9.17) is 17.3 Å². The maximum Gasteiger partial charge on any atom is 0.339 e. The van der Waals surface area contributed by atoms with Crippen molar-refractivity contribution in [3.63, 3.8) is 0 Å². The lowest BCUT2D eigenvalue weighted by molar-refractivity contribution is 0.0600. The van der Waals surface area contributed by atoms with Gasteiger partial charge in [-0.3, -0.25) is 0 Å². The van der Waals surface area contributed by atoms with Crippen molar-refractivity contribution in [3.8, 4) is 0 Å². The smallest absolute Gasteiger partial charge is 0.339 e. The van der Waals surface area contributed by atoms with Gasteiger partial charge in [0.05, 0.1) is 17.7 Å². The largest absolute Gasteiger partial charge is 0.465 e. The van der Waals surface area contributed by atoms with Crippen LogP contribution in [0.1, 0.15) is 28.4 Å². The molecule has 1 atom stereocenters. The molecule has 1 aliphatic heterocycles. The molecule has 0 amide bonds. The van der Waals surface area contributed by atoms with Crippen LogP contribution in [0.2, 0.25) is 5.02 Å². The first-order valence-corrected chi connectivity index (χ1v) is 6.30. The number of methoxy groups -OCH3 is 1. The predicted octanol–water partition coefficient (Wildman–Crippen LogP) is 2.62. The van der Waals surface area contributed by atoms with Gasteiger partial charge in [-0.15, -0.1) is 11.8 Å². The second kappa shape index (κ2) is 4.65. The third-order valence-electron chi connectivity index (χ3n) is 2.59. The van der Waals surface area contributed by atoms with E-state index in [1.165, 1.54) is 7.11 Å². The normalized spacial score (nSPS) is 19.1.